The van der Waals surface area contributed by atoms with Crippen LogP contribution in [0.1, 0.15) is 12.0 Å². The predicted octanol–water partition coefficient (Wildman–Crippen LogP) is 1.37. The summed E-state index contributed by atoms with van der Waals surface area (Å²) in [6.45, 7) is 0. The van der Waals surface area contributed by atoms with Crippen LogP contribution in [-0.2, 0) is 0 Å². The number of hydrogen-bond acceptors (Lipinski definition) is 4. The Morgan fingerprint density at radius 1 is 0.810 bits per heavy atom. The fourth-order valence-corrected chi connectivity index (χ4v) is 1.72. The van der Waals surface area contributed by atoms with E-state index < -0.39 is 5.66 Å². The highest BCUT2D eigenvalue weighted by Crippen LogP contribution is 2.28. The van der Waals surface area contributed by atoms with Gasteiger partial charge in [0.15, 0.2) is 0 Å². The van der Waals surface area contributed by atoms with Crippen molar-refractivity contribution in [1.82, 2.24) is 0 Å². The molecule has 0 unspecified atom stereocenters. The highest BCUT2D eigenvalue weighted by molar-refractivity contribution is 5.86. The molecule has 0 radical (unpaired) electrons. The van der Waals surface area contributed by atoms with Gasteiger partial charge >= 0.3 is 0 Å². The smallest absolute Gasteiger partial charge is 0.109 e. The molecule has 2 rings (SSSR count). The largest absolute Gasteiger partial charge is 0.412 e. The molecule has 10 N–H and O–H groups in total. The molecule has 0 amide bonds. The Morgan fingerprint density at radius 3 is 1.71 bits per heavy atom. The first kappa shape index (κ1) is 28.5. The Hall–Kier alpha value is -0.660. The van der Waals surface area contributed by atoms with Gasteiger partial charge in [-0.15, -0.1) is 49.6 Å². The highest BCUT2D eigenvalue weighted by Gasteiger charge is 2.26. The van der Waals surface area contributed by atoms with Crippen molar-refractivity contribution in [2.24, 2.45) is 17.2 Å². The molecule has 1 aromatic rings. The van der Waals surface area contributed by atoms with Crippen LogP contribution in [0.3, 0.4) is 0 Å². The molecule has 0 fully saturated rings. The van der Waals surface area contributed by atoms with Gasteiger partial charge in [0, 0.05) is 17.8 Å². The molecule has 0 heterocycles. The Kier molecular flexibility index (Phi) is 14.9. The first-order chi connectivity index (χ1) is 7.49. The number of nitrogens with two attached hydrogens (primary N) is 4. The number of hydrogen-bond donors (Lipinski definition) is 4. The molecule has 0 spiro atoms. The van der Waals surface area contributed by atoms with Crippen LogP contribution in [-0.4, -0.2) is 11.1 Å². The molecule has 1 aliphatic carbocycles. The lowest BCUT2D eigenvalue weighted by Crippen LogP contribution is -2.54. The zero-order chi connectivity index (χ0) is 11.8. The Bertz CT molecular complexity index is 475. The van der Waals surface area contributed by atoms with E-state index >= 15 is 0 Å². The van der Waals surface area contributed by atoms with E-state index in [1.54, 1.807) is 6.08 Å². The molecule has 124 valence electrons. The van der Waals surface area contributed by atoms with Crippen LogP contribution in [0.2, 0.25) is 0 Å². The molecule has 0 saturated carbocycles. The lowest BCUT2D eigenvalue weighted by molar-refractivity contribution is 0.523. The average Bonchev–Trinajstić information content (AvgIpc) is 2.23. The van der Waals surface area contributed by atoms with E-state index in [0.717, 1.165) is 16.8 Å². The third kappa shape index (κ3) is 6.76. The van der Waals surface area contributed by atoms with Crippen LogP contribution in [0.4, 0.5) is 5.69 Å². The van der Waals surface area contributed by atoms with E-state index in [4.69, 9.17) is 22.9 Å². The summed E-state index contributed by atoms with van der Waals surface area (Å²) < 4.78 is 0. The maximum atomic E-state index is 5.90. The standard InChI is InChI=1S/C12H16N4.4ClH.H2O/c13-10-4-1-8(2-5-10)9-3-6-11(14)12(15,16)7-9;;;;;/h1-6H,7,13-16H2;4*1H;1H2. The van der Waals surface area contributed by atoms with Crippen molar-refractivity contribution in [3.8, 4) is 0 Å². The molecule has 1 aromatic carbocycles. The van der Waals surface area contributed by atoms with Crippen molar-refractivity contribution in [3.05, 3.63) is 47.7 Å². The maximum absolute atomic E-state index is 5.90. The molecule has 0 saturated heterocycles. The summed E-state index contributed by atoms with van der Waals surface area (Å²) in [4.78, 5) is 0. The van der Waals surface area contributed by atoms with Gasteiger partial charge in [0.2, 0.25) is 0 Å². The zero-order valence-electron chi connectivity index (χ0n) is 11.1. The fraction of sp³-hybridized carbons (Fsp3) is 0.167. The summed E-state index contributed by atoms with van der Waals surface area (Å²) in [5.41, 5.74) is 25.6. The number of halogens is 4. The van der Waals surface area contributed by atoms with Crippen LogP contribution >= 0.6 is 49.6 Å². The lowest BCUT2D eigenvalue weighted by atomic mass is 9.89. The monoisotopic (exact) mass is 378 g/mol. The zero-order valence-corrected chi connectivity index (χ0v) is 14.4. The van der Waals surface area contributed by atoms with Gasteiger partial charge in [0.05, 0.1) is 0 Å². The van der Waals surface area contributed by atoms with Gasteiger partial charge in [0.1, 0.15) is 5.66 Å². The van der Waals surface area contributed by atoms with Crippen LogP contribution in [0.25, 0.3) is 5.57 Å². The summed E-state index contributed by atoms with van der Waals surface area (Å²) in [6.07, 6.45) is 4.23. The topological polar surface area (TPSA) is 136 Å². The van der Waals surface area contributed by atoms with Crippen LogP contribution in [0.15, 0.2) is 42.1 Å². The third-order valence-corrected chi connectivity index (χ3v) is 2.77. The van der Waals surface area contributed by atoms with Gasteiger partial charge in [-0.3, -0.25) is 0 Å². The van der Waals surface area contributed by atoms with Gasteiger partial charge in [-0.2, -0.15) is 0 Å². The third-order valence-electron chi connectivity index (χ3n) is 2.77. The Balaban J connectivity index is -0.000000289. The minimum atomic E-state index is -0.953. The second-order valence-corrected chi connectivity index (χ2v) is 4.15. The highest BCUT2D eigenvalue weighted by atomic mass is 35.5. The first-order valence-electron chi connectivity index (χ1n) is 5.09. The van der Waals surface area contributed by atoms with Gasteiger partial charge in [-0.05, 0) is 29.3 Å². The van der Waals surface area contributed by atoms with E-state index in [-0.39, 0.29) is 55.1 Å². The van der Waals surface area contributed by atoms with Crippen LogP contribution in [0.5, 0.6) is 0 Å². The SMILES string of the molecule is Cl.Cl.Cl.Cl.NC1=CC=C(c2ccc(N)cc2)CC1(N)N.O. The molecule has 9 heteroatoms. The van der Waals surface area contributed by atoms with Crippen molar-refractivity contribution in [2.75, 3.05) is 5.73 Å². The first-order valence-corrected chi connectivity index (χ1v) is 5.09. The van der Waals surface area contributed by atoms with Gasteiger partial charge in [-0.25, -0.2) is 0 Å². The predicted molar refractivity (Wildman–Crippen MR) is 99.4 cm³/mol. The Morgan fingerprint density at radius 2 is 1.29 bits per heavy atom. The normalized spacial score (nSPS) is 14.4. The van der Waals surface area contributed by atoms with Crippen LogP contribution < -0.4 is 22.9 Å². The van der Waals surface area contributed by atoms with E-state index in [2.05, 4.69) is 0 Å². The lowest BCUT2D eigenvalue weighted by Gasteiger charge is -2.29. The van der Waals surface area contributed by atoms with E-state index in [1.807, 2.05) is 30.3 Å². The molecule has 0 aromatic heterocycles. The molecule has 0 aliphatic heterocycles. The maximum Gasteiger partial charge on any atom is 0.109 e. The van der Waals surface area contributed by atoms with Gasteiger partial charge in [0.25, 0.3) is 0 Å². The fourth-order valence-electron chi connectivity index (χ4n) is 1.72. The van der Waals surface area contributed by atoms with E-state index in [0.29, 0.717) is 12.1 Å². The van der Waals surface area contributed by atoms with Crippen molar-refractivity contribution < 1.29 is 5.48 Å². The molecule has 5 nitrogen and oxygen atoms in total. The summed E-state index contributed by atoms with van der Waals surface area (Å²) in [5.74, 6) is 0. The molecule has 1 aliphatic rings. The average molecular weight is 380 g/mol. The van der Waals surface area contributed by atoms with Gasteiger partial charge in [-0.1, -0.05) is 18.2 Å². The number of anilines is 1. The quantitative estimate of drug-likeness (QED) is 0.432. The summed E-state index contributed by atoms with van der Waals surface area (Å²) in [7, 11) is 0. The summed E-state index contributed by atoms with van der Waals surface area (Å²) in [6, 6.07) is 7.61. The van der Waals surface area contributed by atoms with Crippen LogP contribution in [0, 0.1) is 0 Å². The molecule has 0 bridgehead atoms. The molecular formula is C12H22Cl4N4O. The number of rotatable bonds is 1. The Labute approximate surface area is 149 Å². The van der Waals surface area contributed by atoms with Crippen molar-refractivity contribution in [3.63, 3.8) is 0 Å². The van der Waals surface area contributed by atoms with E-state index in [9.17, 15) is 0 Å². The minimum Gasteiger partial charge on any atom is -0.412 e. The molecular weight excluding hydrogens is 358 g/mol. The second-order valence-electron chi connectivity index (χ2n) is 4.15. The van der Waals surface area contributed by atoms with Crippen molar-refractivity contribution >= 4 is 60.9 Å². The number of allylic oxidation sites excluding steroid dienone is 2. The second kappa shape index (κ2) is 11.0. The van der Waals surface area contributed by atoms with Gasteiger partial charge < -0.3 is 28.4 Å². The summed E-state index contributed by atoms with van der Waals surface area (Å²) >= 11 is 0. The van der Waals surface area contributed by atoms with E-state index in [1.165, 1.54) is 0 Å². The molecule has 0 atom stereocenters. The number of nitrogen functional groups attached to an aromatic ring is 1. The van der Waals surface area contributed by atoms with Crippen molar-refractivity contribution in [1.29, 1.82) is 0 Å². The summed E-state index contributed by atoms with van der Waals surface area (Å²) in [5, 5.41) is 0. The minimum absolute atomic E-state index is 0. The van der Waals surface area contributed by atoms with Crippen molar-refractivity contribution in [2.45, 2.75) is 12.1 Å². The number of benzene rings is 1. The molecule has 21 heavy (non-hydrogen) atoms.